The summed E-state index contributed by atoms with van der Waals surface area (Å²) in [6.45, 7) is 5.53. The van der Waals surface area contributed by atoms with Crippen LogP contribution in [0.2, 0.25) is 0 Å². The average Bonchev–Trinajstić information content (AvgIpc) is 3.20. The molecule has 2 N–H and O–H groups in total. The van der Waals surface area contributed by atoms with Crippen LogP contribution in [0.25, 0.3) is 10.9 Å². The second-order valence-corrected chi connectivity index (χ2v) is 6.91. The highest BCUT2D eigenvalue weighted by molar-refractivity contribution is 5.98. The molecule has 0 aliphatic carbocycles. The molecule has 6 nitrogen and oxygen atoms in total. The van der Waals surface area contributed by atoms with Crippen molar-refractivity contribution in [3.63, 3.8) is 0 Å². The number of aromatic nitrogens is 1. The normalized spacial score (nSPS) is 16.3. The van der Waals surface area contributed by atoms with Crippen LogP contribution < -0.4 is 10.6 Å². The lowest BCUT2D eigenvalue weighted by atomic mass is 9.98. The first-order chi connectivity index (χ1) is 12.6. The molecule has 3 amide bonds. The third kappa shape index (κ3) is 4.12. The number of anilines is 1. The lowest BCUT2D eigenvalue weighted by Gasteiger charge is -2.26. The van der Waals surface area contributed by atoms with E-state index in [1.165, 1.54) is 0 Å². The topological polar surface area (TPSA) is 74.3 Å². The van der Waals surface area contributed by atoms with Gasteiger partial charge in [-0.1, -0.05) is 26.3 Å². The highest BCUT2D eigenvalue weighted by Gasteiger charge is 2.28. The highest BCUT2D eigenvalue weighted by atomic mass is 16.2. The van der Waals surface area contributed by atoms with E-state index < -0.39 is 6.04 Å². The number of carbonyl (C=O) groups is 2. The Bertz CT molecular complexity index is 786. The maximum Gasteiger partial charge on any atom is 0.318 e. The number of fused-ring (bicyclic) bond motifs is 1. The molecule has 1 aromatic heterocycles. The van der Waals surface area contributed by atoms with E-state index in [1.807, 2.05) is 44.2 Å². The summed E-state index contributed by atoms with van der Waals surface area (Å²) in [6.07, 6.45) is 4.60. The standard InChI is InChI=1S/C20H26N4O2/c1-3-14(2)18(23-20(26)24-11-4-5-12-24)19(25)22-16-8-9-17-15(13-16)7-6-10-21-17/h6-10,13-14,18H,3-5,11-12H2,1-2H3,(H,22,25)(H,23,26)/t14-,18-/m0/s1. The molecule has 26 heavy (non-hydrogen) atoms. The average molecular weight is 354 g/mol. The minimum Gasteiger partial charge on any atom is -0.326 e. The predicted molar refractivity (Wildman–Crippen MR) is 103 cm³/mol. The van der Waals surface area contributed by atoms with E-state index in [-0.39, 0.29) is 17.9 Å². The van der Waals surface area contributed by atoms with Crippen LogP contribution in [0.3, 0.4) is 0 Å². The van der Waals surface area contributed by atoms with Crippen LogP contribution in [0.5, 0.6) is 0 Å². The largest absolute Gasteiger partial charge is 0.326 e. The molecule has 3 rings (SSSR count). The monoisotopic (exact) mass is 354 g/mol. The van der Waals surface area contributed by atoms with E-state index in [1.54, 1.807) is 11.1 Å². The number of pyridine rings is 1. The summed E-state index contributed by atoms with van der Waals surface area (Å²) in [7, 11) is 0. The molecular formula is C20H26N4O2. The molecule has 1 aliphatic heterocycles. The number of nitrogens with one attached hydrogen (secondary N) is 2. The number of hydrogen-bond acceptors (Lipinski definition) is 3. The van der Waals surface area contributed by atoms with Crippen molar-refractivity contribution in [2.45, 2.75) is 39.2 Å². The summed E-state index contributed by atoms with van der Waals surface area (Å²) >= 11 is 0. The molecule has 0 saturated carbocycles. The van der Waals surface area contributed by atoms with Gasteiger partial charge in [0.1, 0.15) is 6.04 Å². The van der Waals surface area contributed by atoms with Gasteiger partial charge in [0.25, 0.3) is 0 Å². The Morgan fingerprint density at radius 3 is 2.73 bits per heavy atom. The molecule has 1 saturated heterocycles. The number of likely N-dealkylation sites (tertiary alicyclic amines) is 1. The molecule has 2 aromatic rings. The Labute approximate surface area is 154 Å². The van der Waals surface area contributed by atoms with Gasteiger partial charge in [0.2, 0.25) is 5.91 Å². The fourth-order valence-corrected chi connectivity index (χ4v) is 3.22. The smallest absolute Gasteiger partial charge is 0.318 e. The summed E-state index contributed by atoms with van der Waals surface area (Å²) in [6, 6.07) is 8.74. The number of amides is 3. The van der Waals surface area contributed by atoms with Crippen molar-refractivity contribution < 1.29 is 9.59 Å². The number of nitrogens with zero attached hydrogens (tertiary/aromatic N) is 2. The lowest BCUT2D eigenvalue weighted by molar-refractivity contribution is -0.119. The minimum absolute atomic E-state index is 0.0451. The van der Waals surface area contributed by atoms with Crippen LogP contribution in [0, 0.1) is 5.92 Å². The van der Waals surface area contributed by atoms with Crippen molar-refractivity contribution in [2.24, 2.45) is 5.92 Å². The highest BCUT2D eigenvalue weighted by Crippen LogP contribution is 2.19. The van der Waals surface area contributed by atoms with Crippen molar-refractivity contribution in [2.75, 3.05) is 18.4 Å². The van der Waals surface area contributed by atoms with Gasteiger partial charge >= 0.3 is 6.03 Å². The van der Waals surface area contributed by atoms with Gasteiger partial charge in [-0.2, -0.15) is 0 Å². The summed E-state index contributed by atoms with van der Waals surface area (Å²) in [5.41, 5.74) is 1.59. The predicted octanol–water partition coefficient (Wildman–Crippen LogP) is 3.39. The van der Waals surface area contributed by atoms with Crippen molar-refractivity contribution in [1.29, 1.82) is 0 Å². The maximum absolute atomic E-state index is 12.8. The van der Waals surface area contributed by atoms with Crippen molar-refractivity contribution in [3.8, 4) is 0 Å². The van der Waals surface area contributed by atoms with Crippen molar-refractivity contribution >= 4 is 28.5 Å². The van der Waals surface area contributed by atoms with Gasteiger partial charge < -0.3 is 15.5 Å². The molecule has 2 heterocycles. The first-order valence-corrected chi connectivity index (χ1v) is 9.29. The van der Waals surface area contributed by atoms with Gasteiger partial charge in [-0.25, -0.2) is 4.79 Å². The van der Waals surface area contributed by atoms with Gasteiger partial charge in [-0.3, -0.25) is 9.78 Å². The van der Waals surface area contributed by atoms with Crippen LogP contribution in [0.1, 0.15) is 33.1 Å². The molecule has 0 radical (unpaired) electrons. The Kier molecular flexibility index (Phi) is 5.71. The van der Waals surface area contributed by atoms with Gasteiger partial charge in [0.05, 0.1) is 5.52 Å². The summed E-state index contributed by atoms with van der Waals surface area (Å²) in [5.74, 6) is -0.140. The third-order valence-electron chi connectivity index (χ3n) is 5.04. The van der Waals surface area contributed by atoms with E-state index in [9.17, 15) is 9.59 Å². The van der Waals surface area contributed by atoms with Crippen LogP contribution >= 0.6 is 0 Å². The van der Waals surface area contributed by atoms with E-state index >= 15 is 0 Å². The van der Waals surface area contributed by atoms with E-state index in [0.29, 0.717) is 5.69 Å². The number of carbonyl (C=O) groups excluding carboxylic acids is 2. The Hall–Kier alpha value is -2.63. The zero-order valence-electron chi connectivity index (χ0n) is 15.4. The molecule has 1 aromatic carbocycles. The number of urea groups is 1. The van der Waals surface area contributed by atoms with Gasteiger partial charge in [-0.05, 0) is 43.0 Å². The fourth-order valence-electron chi connectivity index (χ4n) is 3.22. The molecular weight excluding hydrogens is 328 g/mol. The Balaban J connectivity index is 1.72. The Morgan fingerprint density at radius 1 is 1.23 bits per heavy atom. The maximum atomic E-state index is 12.8. The molecule has 6 heteroatoms. The quantitative estimate of drug-likeness (QED) is 0.864. The fraction of sp³-hybridized carbons (Fsp3) is 0.450. The lowest BCUT2D eigenvalue weighted by Crippen LogP contribution is -2.51. The van der Waals surface area contributed by atoms with Crippen LogP contribution in [0.4, 0.5) is 10.5 Å². The molecule has 0 unspecified atom stereocenters. The molecule has 1 fully saturated rings. The molecule has 1 aliphatic rings. The second kappa shape index (κ2) is 8.17. The number of benzene rings is 1. The summed E-state index contributed by atoms with van der Waals surface area (Å²) in [4.78, 5) is 31.3. The van der Waals surface area contributed by atoms with Gasteiger partial charge in [-0.15, -0.1) is 0 Å². The number of hydrogen-bond donors (Lipinski definition) is 2. The summed E-state index contributed by atoms with van der Waals surface area (Å²) in [5, 5.41) is 6.84. The van der Waals surface area contributed by atoms with E-state index in [4.69, 9.17) is 0 Å². The van der Waals surface area contributed by atoms with Crippen LogP contribution in [-0.2, 0) is 4.79 Å². The Morgan fingerprint density at radius 2 is 2.00 bits per heavy atom. The summed E-state index contributed by atoms with van der Waals surface area (Å²) < 4.78 is 0. The van der Waals surface area contributed by atoms with Crippen molar-refractivity contribution in [1.82, 2.24) is 15.2 Å². The molecule has 2 atom stereocenters. The zero-order valence-corrected chi connectivity index (χ0v) is 15.4. The first kappa shape index (κ1) is 18.2. The molecule has 0 bridgehead atoms. The van der Waals surface area contributed by atoms with Gasteiger partial charge in [0, 0.05) is 30.4 Å². The first-order valence-electron chi connectivity index (χ1n) is 9.29. The molecule has 0 spiro atoms. The molecule has 138 valence electrons. The number of rotatable bonds is 5. The second-order valence-electron chi connectivity index (χ2n) is 6.91. The van der Waals surface area contributed by atoms with Crippen LogP contribution in [-0.4, -0.2) is 41.0 Å². The van der Waals surface area contributed by atoms with Crippen molar-refractivity contribution in [3.05, 3.63) is 36.5 Å². The SMILES string of the molecule is CC[C@H](C)[C@H](NC(=O)N1CCCC1)C(=O)Nc1ccc2ncccc2c1. The zero-order chi connectivity index (χ0) is 18.5. The third-order valence-corrected chi connectivity index (χ3v) is 5.04. The van der Waals surface area contributed by atoms with Gasteiger partial charge in [0.15, 0.2) is 0 Å². The van der Waals surface area contributed by atoms with E-state index in [0.717, 1.165) is 43.3 Å². The minimum atomic E-state index is -0.558. The van der Waals surface area contributed by atoms with Crippen LogP contribution in [0.15, 0.2) is 36.5 Å². The van der Waals surface area contributed by atoms with E-state index in [2.05, 4.69) is 15.6 Å².